The summed E-state index contributed by atoms with van der Waals surface area (Å²) in [5.74, 6) is 1.19. The quantitative estimate of drug-likeness (QED) is 0.591. The van der Waals surface area contributed by atoms with Gasteiger partial charge in [0.2, 0.25) is 0 Å². The van der Waals surface area contributed by atoms with Crippen LogP contribution in [-0.2, 0) is 0 Å². The van der Waals surface area contributed by atoms with E-state index in [4.69, 9.17) is 5.73 Å². The summed E-state index contributed by atoms with van der Waals surface area (Å²) in [7, 11) is 0. The third-order valence-corrected chi connectivity index (χ3v) is 3.35. The molecule has 92 valence electrons. The molecule has 0 aromatic carbocycles. The molecule has 0 saturated carbocycles. The zero-order valence-electron chi connectivity index (χ0n) is 10.5. The molecular weight excluding hydrogens is 206 g/mol. The Morgan fingerprint density at radius 2 is 2.00 bits per heavy atom. The van der Waals surface area contributed by atoms with E-state index in [2.05, 4.69) is 30.3 Å². The van der Waals surface area contributed by atoms with Gasteiger partial charge in [-0.25, -0.2) is 0 Å². The topological polar surface area (TPSA) is 41.3 Å². The number of nitrogens with one attached hydrogen (secondary N) is 1. The number of rotatable bonds is 10. The smallest absolute Gasteiger partial charge is 0.0198 e. The lowest BCUT2D eigenvalue weighted by atomic mass is 10.2. The van der Waals surface area contributed by atoms with E-state index in [1.54, 1.807) is 0 Å². The van der Waals surface area contributed by atoms with Crippen LogP contribution in [0.1, 0.15) is 20.3 Å². The van der Waals surface area contributed by atoms with E-state index in [1.165, 1.54) is 12.2 Å². The summed E-state index contributed by atoms with van der Waals surface area (Å²) in [6.45, 7) is 9.61. The predicted molar refractivity (Wildman–Crippen MR) is 71.6 cm³/mol. The van der Waals surface area contributed by atoms with Crippen LogP contribution in [0.5, 0.6) is 0 Å². The van der Waals surface area contributed by atoms with E-state index in [-0.39, 0.29) is 0 Å². The molecule has 0 rings (SSSR count). The number of thioether (sulfide) groups is 1. The minimum Gasteiger partial charge on any atom is -0.329 e. The van der Waals surface area contributed by atoms with Crippen LogP contribution in [-0.4, -0.2) is 55.7 Å². The molecule has 3 nitrogen and oxygen atoms in total. The molecule has 1 atom stereocenters. The van der Waals surface area contributed by atoms with Crippen molar-refractivity contribution in [2.24, 2.45) is 5.73 Å². The first-order valence-electron chi connectivity index (χ1n) is 5.93. The second-order valence-electron chi connectivity index (χ2n) is 3.70. The highest BCUT2D eigenvalue weighted by atomic mass is 32.2. The molecule has 15 heavy (non-hydrogen) atoms. The highest BCUT2D eigenvalue weighted by molar-refractivity contribution is 7.98. The normalized spacial score (nSPS) is 13.4. The Morgan fingerprint density at radius 1 is 1.33 bits per heavy atom. The van der Waals surface area contributed by atoms with E-state index in [1.807, 2.05) is 11.8 Å². The van der Waals surface area contributed by atoms with Crippen molar-refractivity contribution in [1.29, 1.82) is 0 Å². The molecular formula is C11H27N3S. The standard InChI is InChI=1S/C11H27N3S/c1-4-14(5-2)8-7-13-11(10-12)6-9-15-3/h11,13H,4-10,12H2,1-3H3. The summed E-state index contributed by atoms with van der Waals surface area (Å²) < 4.78 is 0. The average molecular weight is 233 g/mol. The number of nitrogens with zero attached hydrogens (tertiary/aromatic N) is 1. The molecule has 1 unspecified atom stereocenters. The zero-order valence-corrected chi connectivity index (χ0v) is 11.3. The number of likely N-dealkylation sites (N-methyl/N-ethyl adjacent to an activating group) is 1. The van der Waals surface area contributed by atoms with Crippen molar-refractivity contribution in [3.8, 4) is 0 Å². The highest BCUT2D eigenvalue weighted by Gasteiger charge is 2.05. The molecule has 0 fully saturated rings. The lowest BCUT2D eigenvalue weighted by Gasteiger charge is -2.21. The molecule has 0 bridgehead atoms. The van der Waals surface area contributed by atoms with Crippen molar-refractivity contribution < 1.29 is 0 Å². The van der Waals surface area contributed by atoms with Gasteiger partial charge in [-0.3, -0.25) is 0 Å². The first-order chi connectivity index (χ1) is 7.28. The summed E-state index contributed by atoms with van der Waals surface area (Å²) in [5.41, 5.74) is 5.71. The lowest BCUT2D eigenvalue weighted by Crippen LogP contribution is -2.41. The van der Waals surface area contributed by atoms with Gasteiger partial charge < -0.3 is 16.0 Å². The van der Waals surface area contributed by atoms with E-state index in [0.29, 0.717) is 6.04 Å². The average Bonchev–Trinajstić information content (AvgIpc) is 2.28. The molecule has 0 aliphatic heterocycles. The van der Waals surface area contributed by atoms with Gasteiger partial charge in [-0.05, 0) is 31.5 Å². The monoisotopic (exact) mass is 233 g/mol. The van der Waals surface area contributed by atoms with Gasteiger partial charge in [0.25, 0.3) is 0 Å². The van der Waals surface area contributed by atoms with Crippen molar-refractivity contribution in [3.63, 3.8) is 0 Å². The Bertz CT molecular complexity index is 129. The fourth-order valence-corrected chi connectivity index (χ4v) is 2.05. The van der Waals surface area contributed by atoms with Gasteiger partial charge in [-0.1, -0.05) is 13.8 Å². The van der Waals surface area contributed by atoms with E-state index < -0.39 is 0 Å². The van der Waals surface area contributed by atoms with Gasteiger partial charge in [0.05, 0.1) is 0 Å². The molecule has 0 aromatic rings. The molecule has 0 saturated heterocycles. The fourth-order valence-electron chi connectivity index (χ4n) is 1.53. The second-order valence-corrected chi connectivity index (χ2v) is 4.68. The molecule has 0 aliphatic rings. The fraction of sp³-hybridized carbons (Fsp3) is 1.00. The van der Waals surface area contributed by atoms with Crippen molar-refractivity contribution in [2.75, 3.05) is 44.7 Å². The molecule has 0 amide bonds. The first kappa shape index (κ1) is 15.2. The summed E-state index contributed by atoms with van der Waals surface area (Å²) in [6.07, 6.45) is 3.32. The SMILES string of the molecule is CCN(CC)CCNC(CN)CCSC. The summed E-state index contributed by atoms with van der Waals surface area (Å²) in [6, 6.07) is 0.494. The third kappa shape index (κ3) is 8.08. The van der Waals surface area contributed by atoms with Gasteiger partial charge in [-0.15, -0.1) is 0 Å². The number of hydrogen-bond donors (Lipinski definition) is 2. The van der Waals surface area contributed by atoms with Crippen molar-refractivity contribution in [2.45, 2.75) is 26.3 Å². The maximum absolute atomic E-state index is 5.71. The number of nitrogens with two attached hydrogens (primary N) is 1. The van der Waals surface area contributed by atoms with Crippen LogP contribution >= 0.6 is 11.8 Å². The van der Waals surface area contributed by atoms with Gasteiger partial charge in [0, 0.05) is 25.7 Å². The maximum atomic E-state index is 5.71. The van der Waals surface area contributed by atoms with E-state index in [9.17, 15) is 0 Å². The molecule has 0 heterocycles. The molecule has 0 spiro atoms. The van der Waals surface area contributed by atoms with E-state index in [0.717, 1.165) is 32.7 Å². The molecule has 3 N–H and O–H groups in total. The molecule has 4 heteroatoms. The zero-order chi connectivity index (χ0) is 11.5. The van der Waals surface area contributed by atoms with Crippen molar-refractivity contribution >= 4 is 11.8 Å². The Labute approximate surface area is 99.2 Å². The Balaban J connectivity index is 3.52. The summed E-state index contributed by atoms with van der Waals surface area (Å²) in [5, 5.41) is 3.52. The Morgan fingerprint density at radius 3 is 2.47 bits per heavy atom. The van der Waals surface area contributed by atoms with Gasteiger partial charge in [0.15, 0.2) is 0 Å². The van der Waals surface area contributed by atoms with Crippen molar-refractivity contribution in [1.82, 2.24) is 10.2 Å². The maximum Gasteiger partial charge on any atom is 0.0198 e. The van der Waals surface area contributed by atoms with Crippen molar-refractivity contribution in [3.05, 3.63) is 0 Å². The first-order valence-corrected chi connectivity index (χ1v) is 7.32. The highest BCUT2D eigenvalue weighted by Crippen LogP contribution is 1.99. The van der Waals surface area contributed by atoms with Crippen LogP contribution in [0.25, 0.3) is 0 Å². The Kier molecular flexibility index (Phi) is 10.9. The minimum absolute atomic E-state index is 0.494. The van der Waals surface area contributed by atoms with Crippen LogP contribution in [0.3, 0.4) is 0 Å². The molecule has 0 aromatic heterocycles. The second kappa shape index (κ2) is 10.7. The predicted octanol–water partition coefficient (Wildman–Crippen LogP) is 0.998. The van der Waals surface area contributed by atoms with Gasteiger partial charge >= 0.3 is 0 Å². The van der Waals surface area contributed by atoms with Gasteiger partial charge in [-0.2, -0.15) is 11.8 Å². The Hall–Kier alpha value is 0.230. The van der Waals surface area contributed by atoms with Crippen LogP contribution < -0.4 is 11.1 Å². The lowest BCUT2D eigenvalue weighted by molar-refractivity contribution is 0.296. The third-order valence-electron chi connectivity index (χ3n) is 2.71. The van der Waals surface area contributed by atoms with Crippen LogP contribution in [0.2, 0.25) is 0 Å². The molecule has 0 radical (unpaired) electrons. The summed E-state index contributed by atoms with van der Waals surface area (Å²) in [4.78, 5) is 2.43. The summed E-state index contributed by atoms with van der Waals surface area (Å²) >= 11 is 1.89. The molecule has 0 aliphatic carbocycles. The van der Waals surface area contributed by atoms with E-state index >= 15 is 0 Å². The minimum atomic E-state index is 0.494. The largest absolute Gasteiger partial charge is 0.329 e. The van der Waals surface area contributed by atoms with Crippen LogP contribution in [0, 0.1) is 0 Å². The van der Waals surface area contributed by atoms with Crippen LogP contribution in [0.15, 0.2) is 0 Å². The van der Waals surface area contributed by atoms with Gasteiger partial charge in [0.1, 0.15) is 0 Å². The number of hydrogen-bond acceptors (Lipinski definition) is 4. The van der Waals surface area contributed by atoms with Crippen LogP contribution in [0.4, 0.5) is 0 Å².